The maximum Gasteiger partial charge on any atom is 0.103 e. The van der Waals surface area contributed by atoms with Gasteiger partial charge in [0.25, 0.3) is 0 Å². The van der Waals surface area contributed by atoms with E-state index in [0.29, 0.717) is 10.6 Å². The molecule has 2 rings (SSSR count). The van der Waals surface area contributed by atoms with E-state index < -0.39 is 0 Å². The Morgan fingerprint density at radius 3 is 2.33 bits per heavy atom. The second kappa shape index (κ2) is 7.01. The zero-order valence-electron chi connectivity index (χ0n) is 12.2. The highest BCUT2D eigenvalue weighted by Gasteiger charge is 2.07. The van der Waals surface area contributed by atoms with Gasteiger partial charge in [0.05, 0.1) is 16.3 Å². The predicted octanol–water partition coefficient (Wildman–Crippen LogP) is 4.80. The van der Waals surface area contributed by atoms with Crippen LogP contribution in [0.3, 0.4) is 0 Å². The van der Waals surface area contributed by atoms with Gasteiger partial charge in [0.15, 0.2) is 0 Å². The zero-order chi connectivity index (χ0) is 15.2. The molecule has 0 aliphatic heterocycles. The second-order valence-corrected chi connectivity index (χ2v) is 5.03. The molecule has 4 heteroatoms. The van der Waals surface area contributed by atoms with Crippen LogP contribution in [0.1, 0.15) is 19.4 Å². The number of nitrogens with one attached hydrogen (secondary N) is 1. The van der Waals surface area contributed by atoms with Gasteiger partial charge in [-0.25, -0.2) is 0 Å². The molecule has 0 heterocycles. The van der Waals surface area contributed by atoms with Crippen molar-refractivity contribution < 1.29 is 0 Å². The molecule has 0 aliphatic rings. The van der Waals surface area contributed by atoms with Crippen LogP contribution in [0.2, 0.25) is 5.02 Å². The van der Waals surface area contributed by atoms with Gasteiger partial charge in [0, 0.05) is 24.5 Å². The first-order chi connectivity index (χ1) is 10.2. The van der Waals surface area contributed by atoms with Gasteiger partial charge in [-0.1, -0.05) is 17.7 Å². The molecule has 2 aromatic rings. The molecule has 0 radical (unpaired) electrons. The van der Waals surface area contributed by atoms with Crippen molar-refractivity contribution in [3.8, 4) is 6.07 Å². The molecule has 21 heavy (non-hydrogen) atoms. The van der Waals surface area contributed by atoms with E-state index in [9.17, 15) is 5.26 Å². The normalized spacial score (nSPS) is 10.0. The van der Waals surface area contributed by atoms with Crippen molar-refractivity contribution in [1.82, 2.24) is 0 Å². The molecular formula is C17H18ClN3. The molecule has 3 nitrogen and oxygen atoms in total. The fourth-order valence-electron chi connectivity index (χ4n) is 2.24. The molecule has 0 aromatic heterocycles. The summed E-state index contributed by atoms with van der Waals surface area (Å²) >= 11 is 6.03. The molecule has 108 valence electrons. The number of nitriles is 1. The van der Waals surface area contributed by atoms with Gasteiger partial charge >= 0.3 is 0 Å². The summed E-state index contributed by atoms with van der Waals surface area (Å²) in [7, 11) is 0. The minimum atomic E-state index is 0.460. The largest absolute Gasteiger partial charge is 0.372 e. The lowest BCUT2D eigenvalue weighted by molar-refractivity contribution is 0.866. The number of nitrogens with zero attached hydrogens (tertiary/aromatic N) is 2. The van der Waals surface area contributed by atoms with E-state index in [4.69, 9.17) is 11.6 Å². The molecular weight excluding hydrogens is 282 g/mol. The molecule has 0 spiro atoms. The summed E-state index contributed by atoms with van der Waals surface area (Å²) in [5.74, 6) is 0. The zero-order valence-corrected chi connectivity index (χ0v) is 13.0. The lowest BCUT2D eigenvalue weighted by Gasteiger charge is -2.21. The van der Waals surface area contributed by atoms with Crippen molar-refractivity contribution in [3.05, 3.63) is 53.1 Å². The summed E-state index contributed by atoms with van der Waals surface area (Å²) in [5.41, 5.74) is 3.31. The molecule has 0 saturated heterocycles. The molecule has 0 aliphatic carbocycles. The van der Waals surface area contributed by atoms with Crippen molar-refractivity contribution in [2.45, 2.75) is 13.8 Å². The minimum Gasteiger partial charge on any atom is -0.372 e. The molecule has 0 bridgehead atoms. The highest BCUT2D eigenvalue weighted by atomic mass is 35.5. The van der Waals surface area contributed by atoms with Crippen LogP contribution in [0.4, 0.5) is 17.1 Å². The van der Waals surface area contributed by atoms with E-state index in [1.165, 1.54) is 5.69 Å². The highest BCUT2D eigenvalue weighted by Crippen LogP contribution is 2.27. The van der Waals surface area contributed by atoms with Crippen LogP contribution in [-0.4, -0.2) is 13.1 Å². The Bertz CT molecular complexity index is 640. The second-order valence-electron chi connectivity index (χ2n) is 4.62. The smallest absolute Gasteiger partial charge is 0.103 e. The molecule has 0 atom stereocenters. The van der Waals surface area contributed by atoms with Crippen molar-refractivity contribution in [3.63, 3.8) is 0 Å². The Kier molecular flexibility index (Phi) is 5.08. The summed E-state index contributed by atoms with van der Waals surface area (Å²) in [6.07, 6.45) is 0. The minimum absolute atomic E-state index is 0.460. The van der Waals surface area contributed by atoms with Gasteiger partial charge in [-0.3, -0.25) is 0 Å². The predicted molar refractivity (Wildman–Crippen MR) is 89.5 cm³/mol. The first kappa shape index (κ1) is 15.2. The first-order valence-corrected chi connectivity index (χ1v) is 7.38. The monoisotopic (exact) mass is 299 g/mol. The van der Waals surface area contributed by atoms with Crippen LogP contribution in [0.25, 0.3) is 0 Å². The third-order valence-corrected chi connectivity index (χ3v) is 3.72. The van der Waals surface area contributed by atoms with Crippen molar-refractivity contribution in [2.24, 2.45) is 0 Å². The van der Waals surface area contributed by atoms with E-state index in [0.717, 1.165) is 24.5 Å². The summed E-state index contributed by atoms with van der Waals surface area (Å²) < 4.78 is 0. The highest BCUT2D eigenvalue weighted by molar-refractivity contribution is 6.32. The maximum absolute atomic E-state index is 9.18. The van der Waals surface area contributed by atoms with E-state index >= 15 is 0 Å². The van der Waals surface area contributed by atoms with E-state index in [2.05, 4.69) is 42.3 Å². The summed E-state index contributed by atoms with van der Waals surface area (Å²) in [6.45, 7) is 6.24. The third kappa shape index (κ3) is 3.48. The number of halogens is 1. The summed E-state index contributed by atoms with van der Waals surface area (Å²) in [6, 6.07) is 15.7. The van der Waals surface area contributed by atoms with E-state index in [1.807, 2.05) is 24.3 Å². The van der Waals surface area contributed by atoms with Crippen LogP contribution in [0.15, 0.2) is 42.5 Å². The van der Waals surface area contributed by atoms with Gasteiger partial charge in [-0.05, 0) is 50.2 Å². The topological polar surface area (TPSA) is 39.1 Å². The molecule has 1 N–H and O–H groups in total. The molecule has 0 amide bonds. The van der Waals surface area contributed by atoms with Crippen LogP contribution in [-0.2, 0) is 0 Å². The van der Waals surface area contributed by atoms with Crippen LogP contribution < -0.4 is 10.2 Å². The quantitative estimate of drug-likeness (QED) is 0.862. The van der Waals surface area contributed by atoms with Crippen molar-refractivity contribution in [2.75, 3.05) is 23.3 Å². The van der Waals surface area contributed by atoms with Crippen LogP contribution in [0.5, 0.6) is 0 Å². The SMILES string of the molecule is CCN(CC)c1ccc(Nc2cccc(Cl)c2C#N)cc1. The molecule has 0 fully saturated rings. The van der Waals surface area contributed by atoms with Crippen molar-refractivity contribution in [1.29, 1.82) is 5.26 Å². The number of anilines is 3. The van der Waals surface area contributed by atoms with Gasteiger partial charge in [0.1, 0.15) is 6.07 Å². The van der Waals surface area contributed by atoms with Gasteiger partial charge in [0.2, 0.25) is 0 Å². The Morgan fingerprint density at radius 1 is 1.10 bits per heavy atom. The standard InChI is InChI=1S/C17H18ClN3/c1-3-21(4-2)14-10-8-13(9-11-14)20-17-7-5-6-16(18)15(17)12-19/h5-11,20H,3-4H2,1-2H3. The average molecular weight is 300 g/mol. The van der Waals surface area contributed by atoms with Gasteiger partial charge in [-0.15, -0.1) is 0 Å². The third-order valence-electron chi connectivity index (χ3n) is 3.40. The van der Waals surface area contributed by atoms with Crippen molar-refractivity contribution >= 4 is 28.7 Å². The summed E-state index contributed by atoms with van der Waals surface area (Å²) in [4.78, 5) is 2.28. The lowest BCUT2D eigenvalue weighted by Crippen LogP contribution is -2.21. The Morgan fingerprint density at radius 2 is 1.76 bits per heavy atom. The summed E-state index contributed by atoms with van der Waals surface area (Å²) in [5, 5.41) is 12.9. The fraction of sp³-hybridized carbons (Fsp3) is 0.235. The maximum atomic E-state index is 9.18. The van der Waals surface area contributed by atoms with Gasteiger partial charge in [-0.2, -0.15) is 5.26 Å². The molecule has 0 unspecified atom stereocenters. The molecule has 0 saturated carbocycles. The first-order valence-electron chi connectivity index (χ1n) is 7.00. The van der Waals surface area contributed by atoms with Crippen LogP contribution >= 0.6 is 11.6 Å². The fourth-order valence-corrected chi connectivity index (χ4v) is 2.46. The van der Waals surface area contributed by atoms with E-state index in [-0.39, 0.29) is 0 Å². The Hall–Kier alpha value is -2.18. The number of hydrogen-bond donors (Lipinski definition) is 1. The number of rotatable bonds is 5. The lowest BCUT2D eigenvalue weighted by atomic mass is 10.2. The van der Waals surface area contributed by atoms with E-state index in [1.54, 1.807) is 6.07 Å². The Balaban J connectivity index is 2.22. The average Bonchev–Trinajstić information content (AvgIpc) is 2.50. The van der Waals surface area contributed by atoms with Gasteiger partial charge < -0.3 is 10.2 Å². The number of hydrogen-bond acceptors (Lipinski definition) is 3. The Labute approximate surface area is 130 Å². The number of benzene rings is 2. The van der Waals surface area contributed by atoms with Crippen LogP contribution in [0, 0.1) is 11.3 Å². The molecule has 2 aromatic carbocycles.